The first-order valence-electron chi connectivity index (χ1n) is 11.8. The van der Waals surface area contributed by atoms with Crippen molar-refractivity contribution in [1.29, 1.82) is 0 Å². The summed E-state index contributed by atoms with van der Waals surface area (Å²) in [6, 6.07) is 2.58. The average molecular weight is 486 g/mol. The van der Waals surface area contributed by atoms with Crippen LogP contribution in [0, 0.1) is 20.8 Å². The molecule has 2 aliphatic rings. The minimum Gasteiger partial charge on any atom is -0.507 e. The summed E-state index contributed by atoms with van der Waals surface area (Å²) in [4.78, 5) is 45.3. The molecule has 2 aromatic rings. The number of aryl methyl sites for hydroxylation is 2. The van der Waals surface area contributed by atoms with E-state index in [1.807, 2.05) is 0 Å². The van der Waals surface area contributed by atoms with Crippen molar-refractivity contribution in [2.45, 2.75) is 33.7 Å². The Kier molecular flexibility index (Phi) is 7.13. The number of aliphatic hydroxyl groups is 1. The topological polar surface area (TPSA) is 125 Å². The third-order valence-corrected chi connectivity index (χ3v) is 6.49. The van der Waals surface area contributed by atoms with Gasteiger partial charge >= 0.3 is 5.97 Å². The molecule has 1 unspecified atom stereocenters. The summed E-state index contributed by atoms with van der Waals surface area (Å²) < 4.78 is 16.3. The van der Waals surface area contributed by atoms with Crippen molar-refractivity contribution in [3.05, 3.63) is 51.7 Å². The monoisotopic (exact) mass is 485 g/mol. The molecule has 1 amide bonds. The number of carbonyl (C=O) groups excluding carboxylic acids is 3. The van der Waals surface area contributed by atoms with Crippen LogP contribution in [0.4, 0.5) is 0 Å². The molecule has 10 heteroatoms. The number of aromatic nitrogens is 1. The van der Waals surface area contributed by atoms with Gasteiger partial charge < -0.3 is 28.9 Å². The zero-order valence-electron chi connectivity index (χ0n) is 20.5. The first-order valence-corrected chi connectivity index (χ1v) is 11.8. The number of likely N-dealkylation sites (tertiary alicyclic amines) is 1. The number of morpholine rings is 1. The van der Waals surface area contributed by atoms with Gasteiger partial charge in [-0.1, -0.05) is 0 Å². The van der Waals surface area contributed by atoms with Crippen molar-refractivity contribution < 1.29 is 33.4 Å². The fourth-order valence-corrected chi connectivity index (χ4v) is 4.73. The third-order valence-electron chi connectivity index (χ3n) is 6.49. The van der Waals surface area contributed by atoms with Crippen LogP contribution in [0.2, 0.25) is 0 Å². The lowest BCUT2D eigenvalue weighted by atomic mass is 9.97. The van der Waals surface area contributed by atoms with Crippen molar-refractivity contribution in [3.8, 4) is 0 Å². The summed E-state index contributed by atoms with van der Waals surface area (Å²) >= 11 is 0. The maximum absolute atomic E-state index is 13.3. The number of esters is 1. The Morgan fingerprint density at radius 3 is 2.51 bits per heavy atom. The van der Waals surface area contributed by atoms with Gasteiger partial charge in [-0.25, -0.2) is 4.79 Å². The summed E-state index contributed by atoms with van der Waals surface area (Å²) in [5, 5.41) is 11.4. The van der Waals surface area contributed by atoms with E-state index in [0.29, 0.717) is 48.1 Å². The Morgan fingerprint density at radius 1 is 1.17 bits per heavy atom. The van der Waals surface area contributed by atoms with Crippen LogP contribution >= 0.6 is 0 Å². The lowest BCUT2D eigenvalue weighted by Gasteiger charge is -2.30. The molecule has 0 aromatic carbocycles. The highest BCUT2D eigenvalue weighted by Gasteiger charge is 2.48. The van der Waals surface area contributed by atoms with Gasteiger partial charge in [0.2, 0.25) is 0 Å². The minimum absolute atomic E-state index is 0.0630. The Hall–Kier alpha value is -3.37. The quantitative estimate of drug-likeness (QED) is 0.265. The second-order valence-corrected chi connectivity index (χ2v) is 8.74. The zero-order valence-corrected chi connectivity index (χ0v) is 20.5. The normalized spacial score (nSPS) is 20.6. The van der Waals surface area contributed by atoms with E-state index >= 15 is 0 Å². The maximum atomic E-state index is 13.3. The van der Waals surface area contributed by atoms with Crippen molar-refractivity contribution in [2.24, 2.45) is 0 Å². The fraction of sp³-hybridized carbons (Fsp3) is 0.480. The number of nitrogens with zero attached hydrogens (tertiary/aromatic N) is 2. The fourth-order valence-electron chi connectivity index (χ4n) is 4.73. The largest absolute Gasteiger partial charge is 0.507 e. The van der Waals surface area contributed by atoms with Crippen LogP contribution in [0.3, 0.4) is 0 Å². The van der Waals surface area contributed by atoms with Crippen molar-refractivity contribution >= 4 is 23.4 Å². The van der Waals surface area contributed by atoms with E-state index in [1.165, 1.54) is 4.90 Å². The number of hydrogen-bond donors (Lipinski definition) is 2. The number of amides is 1. The smallest absolute Gasteiger partial charge is 0.355 e. The number of aromatic amines is 1. The molecule has 10 nitrogen and oxygen atoms in total. The standard InChI is InChI=1S/C25H31N3O7/c1-5-34-25(32)20-15(3)18(16(4)26-20)22(29)19-21(17-7-6-14(2)35-17)28(24(31)23(19)30)9-8-27-10-12-33-13-11-27/h6-7,21,26,29H,5,8-13H2,1-4H3/b22-19+. The molecule has 2 aliphatic heterocycles. The molecule has 4 rings (SSSR count). The molecule has 2 N–H and O–H groups in total. The predicted octanol–water partition coefficient (Wildman–Crippen LogP) is 2.46. The van der Waals surface area contributed by atoms with E-state index in [0.717, 1.165) is 13.1 Å². The molecule has 0 bridgehead atoms. The Balaban J connectivity index is 1.76. The number of furan rings is 1. The molecule has 0 radical (unpaired) electrons. The van der Waals surface area contributed by atoms with Crippen molar-refractivity contribution in [3.63, 3.8) is 0 Å². The summed E-state index contributed by atoms with van der Waals surface area (Å²) in [6.07, 6.45) is 0. The molecule has 4 heterocycles. The minimum atomic E-state index is -0.885. The Labute approximate surface area is 203 Å². The van der Waals surface area contributed by atoms with E-state index in [1.54, 1.807) is 39.8 Å². The molecule has 35 heavy (non-hydrogen) atoms. The van der Waals surface area contributed by atoms with Crippen molar-refractivity contribution in [2.75, 3.05) is 46.0 Å². The van der Waals surface area contributed by atoms with Gasteiger partial charge in [-0.3, -0.25) is 14.5 Å². The number of Topliss-reactive ketones (excluding diaryl/α,β-unsaturated/α-hetero) is 1. The van der Waals surface area contributed by atoms with Gasteiger partial charge in [0, 0.05) is 37.4 Å². The zero-order chi connectivity index (χ0) is 25.3. The number of aliphatic hydroxyl groups excluding tert-OH is 1. The lowest BCUT2D eigenvalue weighted by Crippen LogP contribution is -2.42. The highest BCUT2D eigenvalue weighted by atomic mass is 16.5. The molecular formula is C25H31N3O7. The second-order valence-electron chi connectivity index (χ2n) is 8.74. The van der Waals surface area contributed by atoms with Gasteiger partial charge in [-0.2, -0.15) is 0 Å². The molecular weight excluding hydrogens is 454 g/mol. The molecule has 1 atom stereocenters. The number of carbonyl (C=O) groups is 3. The molecule has 2 saturated heterocycles. The first kappa shape index (κ1) is 24.7. The van der Waals surface area contributed by atoms with Gasteiger partial charge in [-0.15, -0.1) is 0 Å². The first-order chi connectivity index (χ1) is 16.7. The van der Waals surface area contributed by atoms with Crippen LogP contribution in [-0.2, 0) is 19.1 Å². The van der Waals surface area contributed by atoms with Crippen LogP contribution in [0.15, 0.2) is 22.1 Å². The van der Waals surface area contributed by atoms with E-state index in [4.69, 9.17) is 13.9 Å². The van der Waals surface area contributed by atoms with E-state index < -0.39 is 23.7 Å². The van der Waals surface area contributed by atoms with Crippen molar-refractivity contribution in [1.82, 2.24) is 14.8 Å². The number of ether oxygens (including phenoxy) is 2. The van der Waals surface area contributed by atoms with E-state index in [-0.39, 0.29) is 30.2 Å². The number of H-pyrrole nitrogens is 1. The number of rotatable bonds is 7. The van der Waals surface area contributed by atoms with Gasteiger partial charge in [0.15, 0.2) is 0 Å². The Bertz CT molecular complexity index is 1170. The number of ketones is 1. The third kappa shape index (κ3) is 4.63. The summed E-state index contributed by atoms with van der Waals surface area (Å²) in [5.74, 6) is -1.38. The van der Waals surface area contributed by atoms with Crippen LogP contribution < -0.4 is 0 Å². The van der Waals surface area contributed by atoms with Gasteiger partial charge in [-0.05, 0) is 45.4 Å². The van der Waals surface area contributed by atoms with E-state index in [9.17, 15) is 19.5 Å². The number of nitrogens with one attached hydrogen (secondary N) is 1. The van der Waals surface area contributed by atoms with Crippen LogP contribution in [0.25, 0.3) is 5.76 Å². The summed E-state index contributed by atoms with van der Waals surface area (Å²) in [7, 11) is 0. The van der Waals surface area contributed by atoms with Crippen LogP contribution in [0.1, 0.15) is 51.8 Å². The van der Waals surface area contributed by atoms with Crippen LogP contribution in [-0.4, -0.2) is 83.5 Å². The van der Waals surface area contributed by atoms with Gasteiger partial charge in [0.25, 0.3) is 11.7 Å². The van der Waals surface area contributed by atoms with E-state index in [2.05, 4.69) is 9.88 Å². The molecule has 2 fully saturated rings. The highest BCUT2D eigenvalue weighted by Crippen LogP contribution is 2.41. The summed E-state index contributed by atoms with van der Waals surface area (Å²) in [5.41, 5.74) is 1.35. The maximum Gasteiger partial charge on any atom is 0.355 e. The summed E-state index contributed by atoms with van der Waals surface area (Å²) in [6.45, 7) is 10.6. The predicted molar refractivity (Wildman–Crippen MR) is 126 cm³/mol. The SMILES string of the molecule is CCOC(=O)c1[nH]c(C)c(/C(O)=C2\C(=O)C(=O)N(CCN3CCOCC3)C2c2ccc(C)o2)c1C. The molecule has 2 aromatic heterocycles. The number of hydrogen-bond acceptors (Lipinski definition) is 8. The van der Waals surface area contributed by atoms with Crippen LogP contribution in [0.5, 0.6) is 0 Å². The lowest BCUT2D eigenvalue weighted by molar-refractivity contribution is -0.140. The average Bonchev–Trinajstić information content (AvgIpc) is 3.47. The molecule has 0 spiro atoms. The molecule has 0 saturated carbocycles. The highest BCUT2D eigenvalue weighted by molar-refractivity contribution is 6.46. The molecule has 188 valence electrons. The molecule has 0 aliphatic carbocycles. The Morgan fingerprint density at radius 2 is 1.89 bits per heavy atom. The van der Waals surface area contributed by atoms with Gasteiger partial charge in [0.1, 0.15) is 29.0 Å². The van der Waals surface area contributed by atoms with Gasteiger partial charge in [0.05, 0.1) is 25.4 Å². The second kappa shape index (κ2) is 10.1.